The average Bonchev–Trinajstić information content (AvgIpc) is 2.49. The molecule has 0 bridgehead atoms. The second-order valence-corrected chi connectivity index (χ2v) is 16.9. The van der Waals surface area contributed by atoms with Gasteiger partial charge in [0, 0.05) is 0 Å². The van der Waals surface area contributed by atoms with Crippen molar-refractivity contribution >= 4 is 117 Å². The summed E-state index contributed by atoms with van der Waals surface area (Å²) < 4.78 is 78.5. The minimum Gasteiger partial charge on any atom is -0.449 e. The molecule has 0 aliphatic rings. The summed E-state index contributed by atoms with van der Waals surface area (Å²) in [5.41, 5.74) is 0. The number of methoxy groups -OCH3 is 4. The number of carbonyl (C=O) groups is 19. The normalized spacial score (nSPS) is 9.47. The van der Waals surface area contributed by atoms with Crippen LogP contribution in [0.25, 0.3) is 0 Å². The van der Waals surface area contributed by atoms with Crippen LogP contribution in [0, 0.1) is 0 Å². The van der Waals surface area contributed by atoms with E-state index in [1.807, 2.05) is 41.5 Å². The Morgan fingerprint density at radius 1 is 0.283 bits per heavy atom. The molecule has 0 amide bonds. The van der Waals surface area contributed by atoms with Gasteiger partial charge in [0.05, 0.1) is 80.3 Å². The van der Waals surface area contributed by atoms with E-state index in [1.54, 1.807) is 55.4 Å². The van der Waals surface area contributed by atoms with E-state index in [0.717, 1.165) is 54.1 Å². The van der Waals surface area contributed by atoms with Crippen LogP contribution in [0.1, 0.15) is 148 Å². The number of ether oxygens (including phenoxy) is 19. The van der Waals surface area contributed by atoms with Gasteiger partial charge in [0.15, 0.2) is 0 Å². The SMILES string of the molecule is CC(C)OC(=O)OOC(=O)OC(C)C.CCC(C)OC(=O)OOC(=O)OC(C)CC.CCCCOC(=O)OOC(=O)OCCCC.CCCOC(=O)OOC(=O)OCCC.CCOC(=O)OOC(=O)OCC.COC(=O)OC(=O)OC(=O)OC.COC(=O)OOC(=O)OC.O=COC(=O)OC(=O)OC(=O)O. The number of hydrogen-bond donors (Lipinski definition) is 1. The maximum absolute atomic E-state index is 10.9. The van der Waals surface area contributed by atoms with Crippen LogP contribution in [0.2, 0.25) is 0 Å². The van der Waals surface area contributed by atoms with Gasteiger partial charge in [-0.25, -0.2) is 28.8 Å². The zero-order valence-corrected chi connectivity index (χ0v) is 60.6. The predicted octanol–water partition coefficient (Wildman–Crippen LogP) is 12.2. The molecular weight excluding hydrogens is 1480 g/mol. The smallest absolute Gasteiger partial charge is 0.449 e. The van der Waals surface area contributed by atoms with Gasteiger partial charge in [0.2, 0.25) is 0 Å². The van der Waals surface area contributed by atoms with E-state index >= 15 is 0 Å². The molecule has 614 valence electrons. The van der Waals surface area contributed by atoms with Crippen molar-refractivity contribution in [1.82, 2.24) is 0 Å². The van der Waals surface area contributed by atoms with Crippen LogP contribution < -0.4 is 0 Å². The third kappa shape index (κ3) is 95.5. The predicted molar refractivity (Wildman–Crippen MR) is 324 cm³/mol. The Morgan fingerprint density at radius 3 is 0.764 bits per heavy atom. The van der Waals surface area contributed by atoms with Gasteiger partial charge in [-0.1, -0.05) is 54.4 Å². The van der Waals surface area contributed by atoms with E-state index in [2.05, 4.69) is 149 Å². The van der Waals surface area contributed by atoms with Crippen LogP contribution in [0.3, 0.4) is 0 Å². The molecule has 0 aromatic heterocycles. The van der Waals surface area contributed by atoms with Crippen LogP contribution >= 0.6 is 0 Å². The van der Waals surface area contributed by atoms with E-state index in [0.29, 0.717) is 25.7 Å². The average molecular weight is 1570 g/mol. The van der Waals surface area contributed by atoms with Crippen molar-refractivity contribution in [2.75, 3.05) is 68.1 Å². The first-order valence-corrected chi connectivity index (χ1v) is 29.8. The number of unbranched alkanes of at least 4 members (excludes halogenated alkanes) is 2. The molecule has 0 saturated carbocycles. The molecule has 0 saturated heterocycles. The molecule has 106 heavy (non-hydrogen) atoms. The third-order valence-electron chi connectivity index (χ3n) is 7.76. The van der Waals surface area contributed by atoms with E-state index < -0.39 is 111 Å². The molecule has 0 heterocycles. The van der Waals surface area contributed by atoms with Gasteiger partial charge in [0.25, 0.3) is 0 Å². The second-order valence-electron chi connectivity index (χ2n) is 16.9. The summed E-state index contributed by atoms with van der Waals surface area (Å²) in [5.74, 6) is 0. The highest BCUT2D eigenvalue weighted by Crippen LogP contribution is 2.04. The number of carboxylic acid groups (broad SMARTS) is 1. The summed E-state index contributed by atoms with van der Waals surface area (Å²) in [6, 6.07) is 0. The second kappa shape index (κ2) is 78.1. The van der Waals surface area contributed by atoms with Crippen molar-refractivity contribution in [3.8, 4) is 0 Å². The lowest BCUT2D eigenvalue weighted by Crippen LogP contribution is -2.20. The van der Waals surface area contributed by atoms with Crippen molar-refractivity contribution in [1.29, 1.82) is 0 Å². The molecule has 0 aliphatic carbocycles. The van der Waals surface area contributed by atoms with Gasteiger partial charge in [-0.2, -0.15) is 116 Å². The van der Waals surface area contributed by atoms with Gasteiger partial charge in [-0.05, 0) is 93.9 Å². The maximum atomic E-state index is 10.9. The molecule has 0 spiro atoms. The highest BCUT2D eigenvalue weighted by Gasteiger charge is 2.20. The van der Waals surface area contributed by atoms with Gasteiger partial charge in [-0.15, -0.1) is 0 Å². The van der Waals surface area contributed by atoms with Gasteiger partial charge in [-0.3, -0.25) is 4.79 Å². The topological polar surface area (TPSA) is 631 Å². The van der Waals surface area contributed by atoms with Gasteiger partial charge in [0.1, 0.15) is 12.2 Å². The maximum Gasteiger partial charge on any atom is 0.550 e. The summed E-state index contributed by atoms with van der Waals surface area (Å²) in [6.07, 6.45) is -17.7. The standard InChI is InChI=1S/2C10H18O6.2C8H14O6.C6H10O6.C5H6O7.C4H2O8.C4H6O6/c1-5-7(3)13-9(11)15-16-10(12)14-8(4)6-2;1-3-5-7-13-9(11)15-16-10(12)14-8-6-4-2;1-5(2)11-7(9)13-14-8(10)12-6(3)4;1-3-5-11-7(9)13-14-8(10)12-6-4-2;1-3-9-5(7)11-12-6(8)10-4-2;1-9-3(6)11-5(8)12-4(7)10-2;5-1-10-3(8)12-4(9)11-2(6)7;1-7-3(5)9-10-4(6)8-2/h7-8H,5-6H2,1-4H3;3-8H2,1-2H3;5-6H,1-4H3;3-6H2,1-2H3;3-4H2,1-2H3;1-2H3;1H,(H,6,7);1-2H3. The van der Waals surface area contributed by atoms with Crippen molar-refractivity contribution in [2.24, 2.45) is 0 Å². The van der Waals surface area contributed by atoms with E-state index in [9.17, 15) is 91.1 Å². The molecule has 0 aliphatic heterocycles. The summed E-state index contributed by atoms with van der Waals surface area (Å²) in [7, 11) is 4.13. The van der Waals surface area contributed by atoms with Crippen LogP contribution in [0.15, 0.2) is 0 Å². The summed E-state index contributed by atoms with van der Waals surface area (Å²) >= 11 is 0. The molecule has 1 N–H and O–H groups in total. The Labute approximate surface area is 601 Å². The van der Waals surface area contributed by atoms with Crippen LogP contribution in [-0.2, 0) is 153 Å². The van der Waals surface area contributed by atoms with Crippen LogP contribution in [0.4, 0.5) is 86.3 Å². The Morgan fingerprint density at radius 2 is 0.528 bits per heavy atom. The number of carbonyl (C=O) groups excluding carboxylic acids is 18. The quantitative estimate of drug-likeness (QED) is 0.0239. The Hall–Kier alpha value is -12.7. The van der Waals surface area contributed by atoms with Crippen LogP contribution in [-0.4, -0.2) is 215 Å². The minimum absolute atomic E-state index is 0.144. The molecule has 0 fully saturated rings. The van der Waals surface area contributed by atoms with Crippen molar-refractivity contribution in [3.63, 3.8) is 0 Å². The number of hydrogen-bond acceptors (Lipinski definition) is 50. The number of rotatable bonds is 19. The van der Waals surface area contributed by atoms with E-state index in [1.165, 1.54) is 0 Å². The molecule has 0 radical (unpaired) electrons. The van der Waals surface area contributed by atoms with Crippen molar-refractivity contribution < 1.29 is 245 Å². The lowest BCUT2D eigenvalue weighted by molar-refractivity contribution is -0.223. The summed E-state index contributed by atoms with van der Waals surface area (Å²) in [4.78, 5) is 244. The van der Waals surface area contributed by atoms with Gasteiger partial charge < -0.3 is 95.1 Å². The minimum atomic E-state index is -1.95. The van der Waals surface area contributed by atoms with Gasteiger partial charge >= 0.3 is 117 Å². The molecule has 0 aromatic carbocycles. The Balaban J connectivity index is -0.000000173. The molecule has 0 aromatic rings. The zero-order valence-electron chi connectivity index (χ0n) is 60.6. The molecular formula is C55H88O51. The monoisotopic (exact) mass is 1560 g/mol. The van der Waals surface area contributed by atoms with E-state index in [-0.39, 0.29) is 70.5 Å². The molecule has 2 unspecified atom stereocenters. The van der Waals surface area contributed by atoms with E-state index in [4.69, 9.17) is 5.11 Å². The first-order valence-electron chi connectivity index (χ1n) is 29.8. The summed E-state index contributed by atoms with van der Waals surface area (Å²) in [6.45, 7) is 25.2. The molecule has 51 heteroatoms. The molecule has 51 nitrogen and oxygen atoms in total. The first kappa shape index (κ1) is 109. The zero-order chi connectivity index (χ0) is 83.2. The largest absolute Gasteiger partial charge is 0.550 e. The fourth-order valence-corrected chi connectivity index (χ4v) is 3.25. The molecule has 2 atom stereocenters. The highest BCUT2D eigenvalue weighted by atomic mass is 17.3. The highest BCUT2D eigenvalue weighted by molar-refractivity contribution is 5.85. The third-order valence-corrected chi connectivity index (χ3v) is 7.76. The fraction of sp³-hybridized carbons (Fsp3) is 0.655. The van der Waals surface area contributed by atoms with Crippen LogP contribution in [0.5, 0.6) is 0 Å². The van der Waals surface area contributed by atoms with Crippen molar-refractivity contribution in [3.05, 3.63) is 0 Å². The Bertz CT molecular complexity index is 2370. The lowest BCUT2D eigenvalue weighted by atomic mass is 10.3. The fourth-order valence-electron chi connectivity index (χ4n) is 3.25. The summed E-state index contributed by atoms with van der Waals surface area (Å²) in [5, 5.41) is 7.78. The van der Waals surface area contributed by atoms with Crippen molar-refractivity contribution in [2.45, 2.75) is 173 Å². The first-order chi connectivity index (χ1) is 49.9. The molecule has 0 rings (SSSR count). The Kier molecular flexibility index (Phi) is 80.5. The lowest BCUT2D eigenvalue weighted by Gasteiger charge is -2.11.